The lowest BCUT2D eigenvalue weighted by atomic mass is 9.98. The molecule has 3 rings (SSSR count). The fourth-order valence-electron chi connectivity index (χ4n) is 3.07. The van der Waals surface area contributed by atoms with Gasteiger partial charge in [-0.1, -0.05) is 30.3 Å². The van der Waals surface area contributed by atoms with E-state index in [-0.39, 0.29) is 0 Å². The Morgan fingerprint density at radius 2 is 1.91 bits per heavy atom. The van der Waals surface area contributed by atoms with Gasteiger partial charge in [-0.2, -0.15) is 0 Å². The van der Waals surface area contributed by atoms with Crippen LogP contribution in [-0.2, 0) is 6.42 Å². The number of rotatable bonds is 6. The maximum atomic E-state index is 5.89. The van der Waals surface area contributed by atoms with Crippen molar-refractivity contribution in [2.75, 3.05) is 26.2 Å². The minimum Gasteiger partial charge on any atom is -0.493 e. The molecule has 3 nitrogen and oxygen atoms in total. The third-order valence-electron chi connectivity index (χ3n) is 4.30. The van der Waals surface area contributed by atoms with Crippen molar-refractivity contribution in [3.8, 4) is 5.75 Å². The molecular formula is C19H24N2O. The fourth-order valence-corrected chi connectivity index (χ4v) is 3.07. The summed E-state index contributed by atoms with van der Waals surface area (Å²) in [4.78, 5) is 6.60. The van der Waals surface area contributed by atoms with Crippen LogP contribution in [0.4, 0.5) is 0 Å². The van der Waals surface area contributed by atoms with Crippen molar-refractivity contribution >= 4 is 0 Å². The molecular weight excluding hydrogens is 272 g/mol. The minimum absolute atomic E-state index is 0.637. The summed E-state index contributed by atoms with van der Waals surface area (Å²) in [6, 6.07) is 14.6. The number of hydrogen-bond acceptors (Lipinski definition) is 3. The number of likely N-dealkylation sites (tertiary alicyclic amines) is 1. The predicted molar refractivity (Wildman–Crippen MR) is 89.0 cm³/mol. The number of piperidine rings is 1. The molecule has 0 amide bonds. The topological polar surface area (TPSA) is 25.4 Å². The molecule has 3 heteroatoms. The molecule has 1 aromatic carbocycles. The van der Waals surface area contributed by atoms with Gasteiger partial charge < -0.3 is 9.64 Å². The van der Waals surface area contributed by atoms with Crippen LogP contribution in [0.25, 0.3) is 0 Å². The lowest BCUT2D eigenvalue weighted by Gasteiger charge is -2.32. The molecule has 0 bridgehead atoms. The molecule has 1 saturated heterocycles. The molecule has 22 heavy (non-hydrogen) atoms. The van der Waals surface area contributed by atoms with E-state index in [1.807, 2.05) is 12.1 Å². The summed E-state index contributed by atoms with van der Waals surface area (Å²) in [5, 5.41) is 0. The molecule has 1 aromatic heterocycles. The zero-order valence-corrected chi connectivity index (χ0v) is 13.0. The third kappa shape index (κ3) is 4.57. The third-order valence-corrected chi connectivity index (χ3v) is 4.30. The monoisotopic (exact) mass is 296 g/mol. The minimum atomic E-state index is 0.637. The van der Waals surface area contributed by atoms with Crippen molar-refractivity contribution in [1.82, 2.24) is 9.88 Å². The first-order chi connectivity index (χ1) is 10.9. The number of aromatic nitrogens is 1. The van der Waals surface area contributed by atoms with Crippen LogP contribution in [-0.4, -0.2) is 36.1 Å². The van der Waals surface area contributed by atoms with E-state index in [2.05, 4.69) is 40.2 Å². The molecule has 1 fully saturated rings. The number of pyridine rings is 1. The Bertz CT molecular complexity index is 494. The molecule has 1 aliphatic rings. The second kappa shape index (κ2) is 7.95. The molecule has 0 saturated carbocycles. The van der Waals surface area contributed by atoms with Gasteiger partial charge in [0.1, 0.15) is 5.75 Å². The van der Waals surface area contributed by atoms with Crippen molar-refractivity contribution in [3.63, 3.8) is 0 Å². The van der Waals surface area contributed by atoms with E-state index in [1.165, 1.54) is 24.9 Å². The van der Waals surface area contributed by atoms with Gasteiger partial charge in [0.15, 0.2) is 0 Å². The lowest BCUT2D eigenvalue weighted by molar-refractivity contribution is 0.131. The molecule has 0 radical (unpaired) electrons. The van der Waals surface area contributed by atoms with E-state index in [0.29, 0.717) is 5.92 Å². The highest BCUT2D eigenvalue weighted by Gasteiger charge is 2.20. The van der Waals surface area contributed by atoms with Gasteiger partial charge in [0, 0.05) is 31.4 Å². The number of nitrogens with zero attached hydrogens (tertiary/aromatic N) is 2. The first kappa shape index (κ1) is 15.0. The van der Waals surface area contributed by atoms with Gasteiger partial charge in [-0.15, -0.1) is 0 Å². The highest BCUT2D eigenvalue weighted by molar-refractivity contribution is 5.17. The van der Waals surface area contributed by atoms with E-state index in [1.54, 1.807) is 12.4 Å². The van der Waals surface area contributed by atoms with Gasteiger partial charge in [-0.25, -0.2) is 0 Å². The SMILES string of the molecule is c1ccc(CCN2CCCC(COc3ccncc3)C2)cc1. The smallest absolute Gasteiger partial charge is 0.122 e. The van der Waals surface area contributed by atoms with Crippen LogP contribution in [0.15, 0.2) is 54.9 Å². The first-order valence-corrected chi connectivity index (χ1v) is 8.19. The largest absolute Gasteiger partial charge is 0.493 e. The summed E-state index contributed by atoms with van der Waals surface area (Å²) in [5.74, 6) is 1.56. The second-order valence-corrected chi connectivity index (χ2v) is 6.04. The zero-order chi connectivity index (χ0) is 15.0. The number of benzene rings is 1. The van der Waals surface area contributed by atoms with Crippen LogP contribution >= 0.6 is 0 Å². The molecule has 1 aliphatic heterocycles. The maximum absolute atomic E-state index is 5.89. The Labute approximate surface area is 132 Å². The normalized spacial score (nSPS) is 19.0. The summed E-state index contributed by atoms with van der Waals surface area (Å²) < 4.78 is 5.89. The lowest BCUT2D eigenvalue weighted by Crippen LogP contribution is -2.38. The highest BCUT2D eigenvalue weighted by Crippen LogP contribution is 2.18. The van der Waals surface area contributed by atoms with E-state index in [4.69, 9.17) is 4.74 Å². The second-order valence-electron chi connectivity index (χ2n) is 6.04. The summed E-state index contributed by atoms with van der Waals surface area (Å²) in [7, 11) is 0. The molecule has 0 spiro atoms. The summed E-state index contributed by atoms with van der Waals surface area (Å²) in [6.07, 6.45) is 7.25. The van der Waals surface area contributed by atoms with E-state index < -0.39 is 0 Å². The van der Waals surface area contributed by atoms with Crippen molar-refractivity contribution in [3.05, 3.63) is 60.4 Å². The molecule has 0 aliphatic carbocycles. The molecule has 1 unspecified atom stereocenters. The van der Waals surface area contributed by atoms with Crippen LogP contribution in [0.5, 0.6) is 5.75 Å². The van der Waals surface area contributed by atoms with Crippen molar-refractivity contribution in [2.24, 2.45) is 5.92 Å². The molecule has 1 atom stereocenters. The number of hydrogen-bond donors (Lipinski definition) is 0. The van der Waals surface area contributed by atoms with Crippen LogP contribution in [0.3, 0.4) is 0 Å². The summed E-state index contributed by atoms with van der Waals surface area (Å²) in [5.41, 5.74) is 1.43. The summed E-state index contributed by atoms with van der Waals surface area (Å²) >= 11 is 0. The Hall–Kier alpha value is -1.87. The van der Waals surface area contributed by atoms with Gasteiger partial charge >= 0.3 is 0 Å². The van der Waals surface area contributed by atoms with E-state index in [0.717, 1.165) is 31.9 Å². The molecule has 2 heterocycles. The van der Waals surface area contributed by atoms with Crippen molar-refractivity contribution < 1.29 is 4.74 Å². The average molecular weight is 296 g/mol. The fraction of sp³-hybridized carbons (Fsp3) is 0.421. The highest BCUT2D eigenvalue weighted by atomic mass is 16.5. The Balaban J connectivity index is 1.43. The van der Waals surface area contributed by atoms with Crippen molar-refractivity contribution in [2.45, 2.75) is 19.3 Å². The Kier molecular flexibility index (Phi) is 5.43. The standard InChI is InChI=1S/C19H24N2O/c1-2-5-17(6-3-1)10-14-21-13-4-7-18(15-21)16-22-19-8-11-20-12-9-19/h1-3,5-6,8-9,11-12,18H,4,7,10,13-16H2. The van der Waals surface area contributed by atoms with Gasteiger partial charge in [0.25, 0.3) is 0 Å². The van der Waals surface area contributed by atoms with Crippen LogP contribution in [0, 0.1) is 5.92 Å². The van der Waals surface area contributed by atoms with Gasteiger partial charge in [0.2, 0.25) is 0 Å². The zero-order valence-electron chi connectivity index (χ0n) is 13.0. The number of ether oxygens (including phenoxy) is 1. The molecule has 116 valence electrons. The van der Waals surface area contributed by atoms with Gasteiger partial charge in [-0.3, -0.25) is 4.98 Å². The first-order valence-electron chi connectivity index (χ1n) is 8.19. The maximum Gasteiger partial charge on any atom is 0.122 e. The Morgan fingerprint density at radius 1 is 1.09 bits per heavy atom. The van der Waals surface area contributed by atoms with Gasteiger partial charge in [-0.05, 0) is 43.5 Å². The molecule has 2 aromatic rings. The van der Waals surface area contributed by atoms with Crippen LogP contribution in [0.2, 0.25) is 0 Å². The van der Waals surface area contributed by atoms with Crippen LogP contribution in [0.1, 0.15) is 18.4 Å². The van der Waals surface area contributed by atoms with E-state index in [9.17, 15) is 0 Å². The average Bonchev–Trinajstić information content (AvgIpc) is 2.60. The molecule has 0 N–H and O–H groups in total. The summed E-state index contributed by atoms with van der Waals surface area (Å²) in [6.45, 7) is 4.33. The van der Waals surface area contributed by atoms with Crippen molar-refractivity contribution in [1.29, 1.82) is 0 Å². The Morgan fingerprint density at radius 3 is 2.73 bits per heavy atom. The van der Waals surface area contributed by atoms with Crippen LogP contribution < -0.4 is 4.74 Å². The van der Waals surface area contributed by atoms with Gasteiger partial charge in [0.05, 0.1) is 6.61 Å². The predicted octanol–water partition coefficient (Wildman–Crippen LogP) is 3.42. The van der Waals surface area contributed by atoms with E-state index >= 15 is 0 Å². The quantitative estimate of drug-likeness (QED) is 0.817.